The summed E-state index contributed by atoms with van der Waals surface area (Å²) in [5, 5.41) is 6.91. The van der Waals surface area contributed by atoms with Gasteiger partial charge in [0.05, 0.1) is 17.1 Å². The summed E-state index contributed by atoms with van der Waals surface area (Å²) in [6.45, 7) is 0. The van der Waals surface area contributed by atoms with Gasteiger partial charge in [-0.05, 0) is 54.1 Å². The van der Waals surface area contributed by atoms with Crippen molar-refractivity contribution in [3.8, 4) is 11.6 Å². The van der Waals surface area contributed by atoms with Crippen molar-refractivity contribution < 1.29 is 4.42 Å². The van der Waals surface area contributed by atoms with Crippen molar-refractivity contribution in [3.05, 3.63) is 98.8 Å². The predicted octanol–water partition coefficient (Wildman–Crippen LogP) is 6.00. The van der Waals surface area contributed by atoms with Crippen LogP contribution in [0.3, 0.4) is 0 Å². The number of para-hydroxylation sites is 1. The zero-order valence-electron chi connectivity index (χ0n) is 15.4. The highest BCUT2D eigenvalue weighted by molar-refractivity contribution is 6.31. The molecule has 5 nitrogen and oxygen atoms in total. The predicted molar refractivity (Wildman–Crippen MR) is 121 cm³/mol. The van der Waals surface area contributed by atoms with Crippen LogP contribution in [0.2, 0.25) is 10.0 Å². The fourth-order valence-electron chi connectivity index (χ4n) is 3.19. The molecule has 0 amide bonds. The van der Waals surface area contributed by atoms with Crippen molar-refractivity contribution in [3.63, 3.8) is 0 Å². The van der Waals surface area contributed by atoms with E-state index < -0.39 is 0 Å². The highest BCUT2D eigenvalue weighted by atomic mass is 35.5. The lowest BCUT2D eigenvalue weighted by Gasteiger charge is -2.07. The summed E-state index contributed by atoms with van der Waals surface area (Å²) in [7, 11) is 0. The van der Waals surface area contributed by atoms with E-state index in [-0.39, 0.29) is 5.56 Å². The first-order valence-corrected chi connectivity index (χ1v) is 9.85. The van der Waals surface area contributed by atoms with Gasteiger partial charge in [0.2, 0.25) is 5.82 Å². The zero-order valence-corrected chi connectivity index (χ0v) is 16.9. The average Bonchev–Trinajstić information content (AvgIpc) is 3.17. The number of halogens is 2. The van der Waals surface area contributed by atoms with Gasteiger partial charge in [0.15, 0.2) is 5.76 Å². The van der Waals surface area contributed by atoms with Crippen molar-refractivity contribution in [2.24, 2.45) is 5.10 Å². The van der Waals surface area contributed by atoms with Crippen LogP contribution in [0.4, 0.5) is 0 Å². The van der Waals surface area contributed by atoms with E-state index in [2.05, 4.69) is 10.1 Å². The van der Waals surface area contributed by atoms with Crippen molar-refractivity contribution in [2.45, 2.75) is 0 Å². The second kappa shape index (κ2) is 7.44. The highest BCUT2D eigenvalue weighted by Crippen LogP contribution is 2.29. The maximum absolute atomic E-state index is 13.2. The van der Waals surface area contributed by atoms with Gasteiger partial charge >= 0.3 is 0 Å². The molecule has 0 saturated heterocycles. The van der Waals surface area contributed by atoms with Crippen molar-refractivity contribution in [1.29, 1.82) is 0 Å². The molecule has 0 aliphatic heterocycles. The summed E-state index contributed by atoms with van der Waals surface area (Å²) >= 11 is 12.0. The molecule has 0 N–H and O–H groups in total. The Morgan fingerprint density at radius 2 is 1.70 bits per heavy atom. The van der Waals surface area contributed by atoms with Gasteiger partial charge in [-0.3, -0.25) is 4.79 Å². The second-order valence-electron chi connectivity index (χ2n) is 6.66. The summed E-state index contributed by atoms with van der Waals surface area (Å²) in [5.74, 6) is 0.722. The van der Waals surface area contributed by atoms with E-state index in [1.54, 1.807) is 60.8 Å². The number of nitrogens with zero attached hydrogens (tertiary/aromatic N) is 3. The molecule has 5 rings (SSSR count). The second-order valence-corrected chi connectivity index (χ2v) is 7.53. The van der Waals surface area contributed by atoms with Crippen LogP contribution in [0.15, 0.2) is 87.1 Å². The van der Waals surface area contributed by atoms with Crippen molar-refractivity contribution in [1.82, 2.24) is 9.66 Å². The Labute approximate surface area is 180 Å². The van der Waals surface area contributed by atoms with Crippen LogP contribution < -0.4 is 5.56 Å². The Bertz CT molecular complexity index is 1480. The number of aromatic nitrogens is 2. The number of furan rings is 1. The monoisotopic (exact) mass is 433 g/mol. The van der Waals surface area contributed by atoms with Gasteiger partial charge in [-0.1, -0.05) is 47.5 Å². The lowest BCUT2D eigenvalue weighted by molar-refractivity contribution is 0.616. The van der Waals surface area contributed by atoms with E-state index >= 15 is 0 Å². The molecule has 0 aliphatic rings. The van der Waals surface area contributed by atoms with Crippen LogP contribution in [-0.2, 0) is 0 Å². The normalized spacial score (nSPS) is 11.7. The highest BCUT2D eigenvalue weighted by Gasteiger charge is 2.16. The molecular weight excluding hydrogens is 421 g/mol. The van der Waals surface area contributed by atoms with Crippen LogP contribution in [-0.4, -0.2) is 15.9 Å². The van der Waals surface area contributed by atoms with E-state index in [9.17, 15) is 4.79 Å². The largest absolute Gasteiger partial charge is 0.453 e. The third kappa shape index (κ3) is 3.38. The molecule has 0 spiro atoms. The Hall–Kier alpha value is -3.41. The molecule has 0 unspecified atom stereocenters. The van der Waals surface area contributed by atoms with Gasteiger partial charge in [-0.2, -0.15) is 9.78 Å². The fraction of sp³-hybridized carbons (Fsp3) is 0. The molecule has 7 heteroatoms. The Morgan fingerprint density at radius 3 is 2.53 bits per heavy atom. The standard InChI is InChI=1S/C23H13Cl2N3O2/c24-16-7-5-14(6-8-16)13-26-28-22(27-19-4-2-1-3-18(19)23(28)29)21-12-15-11-17(25)9-10-20(15)30-21/h1-13H. The number of fused-ring (bicyclic) bond motifs is 2. The quantitative estimate of drug-likeness (QED) is 0.327. The lowest BCUT2D eigenvalue weighted by atomic mass is 10.2. The number of benzene rings is 3. The van der Waals surface area contributed by atoms with Gasteiger partial charge in [0, 0.05) is 15.4 Å². The average molecular weight is 434 g/mol. The molecule has 0 bridgehead atoms. The van der Waals surface area contributed by atoms with Crippen LogP contribution in [0.25, 0.3) is 33.5 Å². The zero-order chi connectivity index (χ0) is 20.7. The molecule has 0 saturated carbocycles. The van der Waals surface area contributed by atoms with E-state index in [1.807, 2.05) is 18.2 Å². The fourth-order valence-corrected chi connectivity index (χ4v) is 3.49. The van der Waals surface area contributed by atoms with E-state index in [0.29, 0.717) is 38.1 Å². The summed E-state index contributed by atoms with van der Waals surface area (Å²) < 4.78 is 7.20. The first kappa shape index (κ1) is 18.6. The molecule has 3 aromatic carbocycles. The van der Waals surface area contributed by atoms with E-state index in [1.165, 1.54) is 4.68 Å². The van der Waals surface area contributed by atoms with Crippen molar-refractivity contribution in [2.75, 3.05) is 0 Å². The molecule has 0 radical (unpaired) electrons. The molecule has 2 heterocycles. The molecule has 146 valence electrons. The molecule has 2 aromatic heterocycles. The molecule has 0 aliphatic carbocycles. The molecule has 0 atom stereocenters. The number of rotatable bonds is 3. The third-order valence-electron chi connectivity index (χ3n) is 4.64. The Morgan fingerprint density at radius 1 is 0.933 bits per heavy atom. The molecular formula is C23H13Cl2N3O2. The van der Waals surface area contributed by atoms with Gasteiger partial charge in [0.25, 0.3) is 5.56 Å². The minimum Gasteiger partial charge on any atom is -0.453 e. The van der Waals surface area contributed by atoms with Crippen molar-refractivity contribution >= 4 is 51.3 Å². The number of hydrogen-bond donors (Lipinski definition) is 0. The molecule has 30 heavy (non-hydrogen) atoms. The minimum absolute atomic E-state index is 0.292. The lowest BCUT2D eigenvalue weighted by Crippen LogP contribution is -2.20. The van der Waals surface area contributed by atoms with Crippen LogP contribution in [0.1, 0.15) is 5.56 Å². The SMILES string of the molecule is O=c1c2ccccc2nc(-c2cc3cc(Cl)ccc3o2)n1N=Cc1ccc(Cl)cc1. The Balaban J connectivity index is 1.73. The van der Waals surface area contributed by atoms with E-state index in [0.717, 1.165) is 10.9 Å². The first-order chi connectivity index (χ1) is 14.6. The topological polar surface area (TPSA) is 60.4 Å². The maximum atomic E-state index is 13.2. The van der Waals surface area contributed by atoms with Crippen LogP contribution >= 0.6 is 23.2 Å². The smallest absolute Gasteiger partial charge is 0.282 e. The van der Waals surface area contributed by atoms with Crippen LogP contribution in [0, 0.1) is 0 Å². The van der Waals surface area contributed by atoms with Gasteiger partial charge in [-0.15, -0.1) is 0 Å². The summed E-state index contributed by atoms with van der Waals surface area (Å²) in [4.78, 5) is 17.8. The first-order valence-electron chi connectivity index (χ1n) is 9.10. The Kier molecular flexibility index (Phi) is 4.62. The summed E-state index contributed by atoms with van der Waals surface area (Å²) in [5.41, 5.74) is 1.71. The van der Waals surface area contributed by atoms with Gasteiger partial charge in [0.1, 0.15) is 5.58 Å². The van der Waals surface area contributed by atoms with Gasteiger partial charge < -0.3 is 4.42 Å². The molecule has 5 aromatic rings. The summed E-state index contributed by atoms with van der Waals surface area (Å²) in [6.07, 6.45) is 1.58. The summed E-state index contributed by atoms with van der Waals surface area (Å²) in [6, 6.07) is 21.4. The van der Waals surface area contributed by atoms with Crippen LogP contribution in [0.5, 0.6) is 0 Å². The maximum Gasteiger partial charge on any atom is 0.282 e. The molecule has 0 fully saturated rings. The van der Waals surface area contributed by atoms with Gasteiger partial charge in [-0.25, -0.2) is 4.98 Å². The third-order valence-corrected chi connectivity index (χ3v) is 5.13. The minimum atomic E-state index is -0.292. The number of hydrogen-bond acceptors (Lipinski definition) is 4. The van der Waals surface area contributed by atoms with E-state index in [4.69, 9.17) is 27.6 Å².